The normalized spacial score (nSPS) is 12.7. The highest BCUT2D eigenvalue weighted by atomic mass is 35.5. The van der Waals surface area contributed by atoms with Crippen LogP contribution in [-0.4, -0.2) is 52.4 Å². The van der Waals surface area contributed by atoms with Crippen molar-refractivity contribution in [3.63, 3.8) is 0 Å². The third kappa shape index (κ3) is 5.65. The van der Waals surface area contributed by atoms with Crippen molar-refractivity contribution in [3.8, 4) is 11.1 Å². The number of thiophene rings is 1. The predicted octanol–water partition coefficient (Wildman–Crippen LogP) is 3.91. The molecular weight excluding hydrogens is 410 g/mol. The molecule has 0 aliphatic heterocycles. The minimum absolute atomic E-state index is 0.160. The van der Waals surface area contributed by atoms with E-state index in [0.29, 0.717) is 47.4 Å². The molecule has 2 heterocycles. The number of benzene rings is 1. The topological polar surface area (TPSA) is 78.5 Å². The first-order chi connectivity index (χ1) is 14.0. The highest BCUT2D eigenvalue weighted by molar-refractivity contribution is 7.17. The number of aliphatic hydroxyl groups excluding tert-OH is 1. The van der Waals surface area contributed by atoms with Gasteiger partial charge in [-0.3, -0.25) is 9.69 Å². The lowest BCUT2D eigenvalue weighted by Gasteiger charge is -2.24. The molecule has 1 aromatic carbocycles. The van der Waals surface area contributed by atoms with Crippen LogP contribution in [0.15, 0.2) is 34.4 Å². The summed E-state index contributed by atoms with van der Waals surface area (Å²) in [5.74, 6) is 0.596. The van der Waals surface area contributed by atoms with Crippen LogP contribution < -0.4 is 5.56 Å². The number of halogens is 1. The van der Waals surface area contributed by atoms with E-state index in [1.807, 2.05) is 36.6 Å². The second-order valence-corrected chi connectivity index (χ2v) is 8.20. The number of hydrogen-bond donors (Lipinski definition) is 2. The first-order valence-corrected chi connectivity index (χ1v) is 11.0. The van der Waals surface area contributed by atoms with Gasteiger partial charge in [0.2, 0.25) is 0 Å². The van der Waals surface area contributed by atoms with Gasteiger partial charge in [0.25, 0.3) is 5.56 Å². The Morgan fingerprint density at radius 2 is 2.21 bits per heavy atom. The van der Waals surface area contributed by atoms with Crippen LogP contribution in [0.1, 0.15) is 26.1 Å². The molecule has 0 fully saturated rings. The fourth-order valence-corrected chi connectivity index (χ4v) is 4.46. The lowest BCUT2D eigenvalue weighted by atomic mass is 10.1. The Kier molecular flexibility index (Phi) is 7.80. The summed E-state index contributed by atoms with van der Waals surface area (Å²) in [6.07, 6.45) is 0.360. The molecular formula is C21H26ClN3O3S. The van der Waals surface area contributed by atoms with E-state index in [1.54, 1.807) is 0 Å². The Hall–Kier alpha value is -1.77. The van der Waals surface area contributed by atoms with Crippen LogP contribution in [0.4, 0.5) is 0 Å². The fraction of sp³-hybridized carbons (Fsp3) is 0.429. The fourth-order valence-electron chi connectivity index (χ4n) is 3.30. The van der Waals surface area contributed by atoms with E-state index in [0.717, 1.165) is 24.1 Å². The zero-order valence-corrected chi connectivity index (χ0v) is 18.2. The van der Waals surface area contributed by atoms with Gasteiger partial charge in [0.05, 0.1) is 24.6 Å². The van der Waals surface area contributed by atoms with Crippen molar-refractivity contribution in [1.82, 2.24) is 14.9 Å². The molecule has 0 spiro atoms. The van der Waals surface area contributed by atoms with Gasteiger partial charge in [0, 0.05) is 29.1 Å². The highest BCUT2D eigenvalue weighted by Crippen LogP contribution is 2.31. The van der Waals surface area contributed by atoms with E-state index in [4.69, 9.17) is 16.3 Å². The van der Waals surface area contributed by atoms with E-state index in [1.165, 1.54) is 11.3 Å². The molecule has 0 bridgehead atoms. The SMILES string of the molecule is CCCN(Cc1nc2scc(-c3cccc(Cl)c3)c2c(=O)[nH]1)C[C@H](O)COCC. The standard InChI is InChI=1S/C21H26ClN3O3S/c1-3-8-25(10-16(26)12-28-4-2)11-18-23-20(27)19-17(13-29-21(19)24-18)14-6-5-7-15(22)9-14/h5-7,9,13,16,26H,3-4,8,10-12H2,1-2H3,(H,23,24,27)/t16-/m0/s1. The number of H-pyrrole nitrogens is 1. The van der Waals surface area contributed by atoms with Crippen LogP contribution in [0.25, 0.3) is 21.3 Å². The smallest absolute Gasteiger partial charge is 0.260 e. The number of aromatic nitrogens is 2. The number of aliphatic hydroxyl groups is 1. The van der Waals surface area contributed by atoms with Gasteiger partial charge in [0.1, 0.15) is 10.7 Å². The minimum Gasteiger partial charge on any atom is -0.389 e. The molecule has 0 aliphatic carbocycles. The number of nitrogens with zero attached hydrogens (tertiary/aromatic N) is 2. The Morgan fingerprint density at radius 3 is 2.93 bits per heavy atom. The third-order valence-corrected chi connectivity index (χ3v) is 5.63. The molecule has 0 unspecified atom stereocenters. The maximum absolute atomic E-state index is 12.8. The quantitative estimate of drug-likeness (QED) is 0.504. The summed E-state index contributed by atoms with van der Waals surface area (Å²) in [5, 5.41) is 13.3. The molecule has 0 saturated carbocycles. The molecule has 8 heteroatoms. The van der Waals surface area contributed by atoms with Gasteiger partial charge >= 0.3 is 0 Å². The molecule has 156 valence electrons. The van der Waals surface area contributed by atoms with Crippen molar-refractivity contribution in [2.24, 2.45) is 0 Å². The second kappa shape index (κ2) is 10.3. The maximum Gasteiger partial charge on any atom is 0.260 e. The largest absolute Gasteiger partial charge is 0.389 e. The summed E-state index contributed by atoms with van der Waals surface area (Å²) in [4.78, 5) is 23.2. The van der Waals surface area contributed by atoms with Gasteiger partial charge in [-0.15, -0.1) is 11.3 Å². The summed E-state index contributed by atoms with van der Waals surface area (Å²) in [7, 11) is 0. The summed E-state index contributed by atoms with van der Waals surface area (Å²) < 4.78 is 5.30. The van der Waals surface area contributed by atoms with Crippen LogP contribution in [0, 0.1) is 0 Å². The summed E-state index contributed by atoms with van der Waals surface area (Å²) in [5.41, 5.74) is 1.58. The lowest BCUT2D eigenvalue weighted by molar-refractivity contribution is 0.0192. The number of ether oxygens (including phenoxy) is 1. The van der Waals surface area contributed by atoms with Crippen molar-refractivity contribution in [2.75, 3.05) is 26.3 Å². The first-order valence-electron chi connectivity index (χ1n) is 9.76. The third-order valence-electron chi connectivity index (χ3n) is 4.53. The maximum atomic E-state index is 12.8. The molecule has 3 rings (SSSR count). The van der Waals surface area contributed by atoms with E-state index in [9.17, 15) is 9.90 Å². The predicted molar refractivity (Wildman–Crippen MR) is 119 cm³/mol. The highest BCUT2D eigenvalue weighted by Gasteiger charge is 2.16. The zero-order valence-electron chi connectivity index (χ0n) is 16.7. The zero-order chi connectivity index (χ0) is 20.8. The van der Waals surface area contributed by atoms with Crippen molar-refractivity contribution in [3.05, 3.63) is 50.8 Å². The Bertz CT molecular complexity index is 1000. The number of rotatable bonds is 10. The molecule has 0 saturated heterocycles. The van der Waals surface area contributed by atoms with E-state index >= 15 is 0 Å². The Morgan fingerprint density at radius 1 is 1.38 bits per heavy atom. The summed E-state index contributed by atoms with van der Waals surface area (Å²) >= 11 is 7.55. The van der Waals surface area contributed by atoms with Crippen LogP contribution in [-0.2, 0) is 11.3 Å². The van der Waals surface area contributed by atoms with Gasteiger partial charge in [-0.2, -0.15) is 0 Å². The van der Waals surface area contributed by atoms with Crippen molar-refractivity contribution >= 4 is 33.2 Å². The molecule has 3 aromatic rings. The van der Waals surface area contributed by atoms with Gasteiger partial charge in [-0.25, -0.2) is 4.98 Å². The van der Waals surface area contributed by atoms with Crippen LogP contribution in [0.3, 0.4) is 0 Å². The molecule has 0 aliphatic rings. The van der Waals surface area contributed by atoms with Gasteiger partial charge in [-0.1, -0.05) is 30.7 Å². The summed E-state index contributed by atoms with van der Waals surface area (Å²) in [6, 6.07) is 7.46. The van der Waals surface area contributed by atoms with E-state index in [2.05, 4.69) is 21.8 Å². The summed E-state index contributed by atoms with van der Waals surface area (Å²) in [6.45, 7) is 6.58. The Labute approximate surface area is 179 Å². The van der Waals surface area contributed by atoms with Crippen LogP contribution in [0.2, 0.25) is 5.02 Å². The molecule has 2 aromatic heterocycles. The van der Waals surface area contributed by atoms with Gasteiger partial charge < -0.3 is 14.8 Å². The van der Waals surface area contributed by atoms with Crippen LogP contribution in [0.5, 0.6) is 0 Å². The molecule has 1 atom stereocenters. The molecule has 6 nitrogen and oxygen atoms in total. The van der Waals surface area contributed by atoms with Gasteiger partial charge in [-0.05, 0) is 37.6 Å². The molecule has 0 radical (unpaired) electrons. The van der Waals surface area contributed by atoms with Crippen molar-refractivity contribution in [2.45, 2.75) is 32.9 Å². The van der Waals surface area contributed by atoms with E-state index < -0.39 is 6.10 Å². The monoisotopic (exact) mass is 435 g/mol. The molecule has 29 heavy (non-hydrogen) atoms. The van der Waals surface area contributed by atoms with E-state index in [-0.39, 0.29) is 5.56 Å². The van der Waals surface area contributed by atoms with Crippen molar-refractivity contribution in [1.29, 1.82) is 0 Å². The number of fused-ring (bicyclic) bond motifs is 1. The number of hydrogen-bond acceptors (Lipinski definition) is 6. The molecule has 0 amide bonds. The number of aromatic amines is 1. The number of nitrogens with one attached hydrogen (secondary N) is 1. The average molecular weight is 436 g/mol. The van der Waals surface area contributed by atoms with Crippen LogP contribution >= 0.6 is 22.9 Å². The lowest BCUT2D eigenvalue weighted by Crippen LogP contribution is -2.36. The van der Waals surface area contributed by atoms with Crippen molar-refractivity contribution < 1.29 is 9.84 Å². The molecule has 2 N–H and O–H groups in total. The minimum atomic E-state index is -0.576. The second-order valence-electron chi connectivity index (χ2n) is 6.90. The van der Waals surface area contributed by atoms with Gasteiger partial charge in [0.15, 0.2) is 0 Å². The average Bonchev–Trinajstić information content (AvgIpc) is 3.11. The first kappa shape index (κ1) is 21.9. The Balaban J connectivity index is 1.84.